The Kier molecular flexibility index (Phi) is 4.65. The van der Waals surface area contributed by atoms with Gasteiger partial charge in [-0.05, 0) is 12.8 Å². The minimum atomic E-state index is -4.28. The topological polar surface area (TPSA) is 120 Å². The molecule has 2 rings (SSSR count). The molecule has 0 radical (unpaired) electrons. The molecular weight excluding hydrogens is 303 g/mol. The number of H-pyrrole nitrogens is 1. The Morgan fingerprint density at radius 2 is 2.33 bits per heavy atom. The molecule has 114 valence electrons. The van der Waals surface area contributed by atoms with Crippen molar-refractivity contribution in [3.8, 4) is 12.5 Å². The zero-order chi connectivity index (χ0) is 15.5. The number of aromatic nitrogens is 2. The van der Waals surface area contributed by atoms with Crippen LogP contribution in [0.15, 0.2) is 21.9 Å². The van der Waals surface area contributed by atoms with E-state index in [1.165, 1.54) is 16.8 Å². The van der Waals surface area contributed by atoms with Crippen LogP contribution in [0.2, 0.25) is 0 Å². The first-order chi connectivity index (χ1) is 9.91. The van der Waals surface area contributed by atoms with Crippen LogP contribution < -0.4 is 11.2 Å². The van der Waals surface area contributed by atoms with Gasteiger partial charge in [-0.25, -0.2) is 9.36 Å². The van der Waals surface area contributed by atoms with Gasteiger partial charge >= 0.3 is 13.5 Å². The minimum Gasteiger partial charge on any atom is -0.352 e. The van der Waals surface area contributed by atoms with E-state index in [9.17, 15) is 14.2 Å². The highest BCUT2D eigenvalue weighted by molar-refractivity contribution is 7.47. The normalized spacial score (nSPS) is 24.2. The molecule has 1 aromatic heterocycles. The van der Waals surface area contributed by atoms with Crippen molar-refractivity contribution in [2.24, 2.45) is 0 Å². The number of rotatable bonds is 5. The number of nitrogens with zero attached hydrogens (tertiary/aromatic N) is 1. The van der Waals surface area contributed by atoms with E-state index in [4.69, 9.17) is 16.1 Å². The predicted molar refractivity (Wildman–Crippen MR) is 70.2 cm³/mol. The highest BCUT2D eigenvalue weighted by Gasteiger charge is 2.31. The van der Waals surface area contributed by atoms with Crippen molar-refractivity contribution in [3.05, 3.63) is 33.1 Å². The molecular formula is C11H13N2O7P. The number of nitrogens with one attached hydrogen (secondary N) is 1. The molecule has 0 spiro atoms. The lowest BCUT2D eigenvalue weighted by atomic mass is 10.2. The molecule has 10 heteroatoms. The maximum Gasteiger partial charge on any atom is 0.535 e. The molecule has 2 heterocycles. The molecule has 1 fully saturated rings. The molecule has 0 amide bonds. The molecule has 9 nitrogen and oxygen atoms in total. The molecule has 3 unspecified atom stereocenters. The summed E-state index contributed by atoms with van der Waals surface area (Å²) in [6.07, 6.45) is 7.58. The van der Waals surface area contributed by atoms with E-state index in [0.717, 1.165) is 0 Å². The fourth-order valence-corrected chi connectivity index (χ4v) is 2.48. The lowest BCUT2D eigenvalue weighted by Gasteiger charge is -2.16. The number of aromatic amines is 1. The van der Waals surface area contributed by atoms with Crippen LogP contribution in [0, 0.1) is 12.5 Å². The fourth-order valence-electron chi connectivity index (χ4n) is 1.94. The van der Waals surface area contributed by atoms with Gasteiger partial charge in [0.25, 0.3) is 5.56 Å². The smallest absolute Gasteiger partial charge is 0.352 e. The van der Waals surface area contributed by atoms with Gasteiger partial charge in [-0.15, -0.1) is 0 Å². The molecule has 3 atom stereocenters. The van der Waals surface area contributed by atoms with Crippen molar-refractivity contribution in [1.29, 1.82) is 0 Å². The summed E-state index contributed by atoms with van der Waals surface area (Å²) in [6, 6.07) is 1.21. The standard InChI is InChI=1S/C11H13N2O7P/c1-2-18-21(16,17)19-7-8-3-4-10(20-8)13-6-5-9(14)12-11(13)15/h1,5-6,8,10H,3-4,7H2,(H,16,17)(H,12,14,15). The third kappa shape index (κ3) is 4.06. The van der Waals surface area contributed by atoms with E-state index < -0.39 is 31.4 Å². The van der Waals surface area contributed by atoms with Gasteiger partial charge in [-0.3, -0.25) is 23.8 Å². The predicted octanol–water partition coefficient (Wildman–Crippen LogP) is -0.0615. The van der Waals surface area contributed by atoms with Gasteiger partial charge < -0.3 is 9.26 Å². The first-order valence-electron chi connectivity index (χ1n) is 6.00. The summed E-state index contributed by atoms with van der Waals surface area (Å²) in [7, 11) is -4.28. The maximum atomic E-state index is 11.6. The first kappa shape index (κ1) is 15.5. The van der Waals surface area contributed by atoms with Gasteiger partial charge in [-0.1, -0.05) is 6.42 Å². The molecule has 2 N–H and O–H groups in total. The van der Waals surface area contributed by atoms with Crippen molar-refractivity contribution in [1.82, 2.24) is 9.55 Å². The molecule has 0 aromatic carbocycles. The number of phosphoric ester groups is 1. The molecule has 1 aliphatic heterocycles. The summed E-state index contributed by atoms with van der Waals surface area (Å²) in [6.45, 7) is -0.204. The van der Waals surface area contributed by atoms with Crippen LogP contribution in [0.25, 0.3) is 0 Å². The number of hydrogen-bond donors (Lipinski definition) is 2. The van der Waals surface area contributed by atoms with Crippen LogP contribution in [-0.4, -0.2) is 27.2 Å². The molecule has 1 aliphatic rings. The van der Waals surface area contributed by atoms with Crippen molar-refractivity contribution in [2.45, 2.75) is 25.2 Å². The quantitative estimate of drug-likeness (QED) is 0.576. The second-order valence-corrected chi connectivity index (χ2v) is 5.66. The summed E-state index contributed by atoms with van der Waals surface area (Å²) < 4.78 is 26.7. The SMILES string of the molecule is C#COP(=O)(O)OCC1CCC(n2ccc(=O)[nH]c2=O)O1. The summed E-state index contributed by atoms with van der Waals surface area (Å²) in [5.74, 6) is 0. The van der Waals surface area contributed by atoms with Gasteiger partial charge in [0.15, 0.2) is 0 Å². The Bertz CT molecular complexity index is 704. The van der Waals surface area contributed by atoms with E-state index in [2.05, 4.69) is 14.0 Å². The van der Waals surface area contributed by atoms with E-state index in [0.29, 0.717) is 12.8 Å². The van der Waals surface area contributed by atoms with Crippen LogP contribution in [0.3, 0.4) is 0 Å². The van der Waals surface area contributed by atoms with Crippen molar-refractivity contribution < 1.29 is 23.2 Å². The third-order valence-corrected chi connectivity index (χ3v) is 3.65. The number of terminal acetylenes is 1. The van der Waals surface area contributed by atoms with Crippen molar-refractivity contribution in [3.63, 3.8) is 0 Å². The Labute approximate surface area is 119 Å². The second-order valence-electron chi connectivity index (χ2n) is 4.28. The lowest BCUT2D eigenvalue weighted by Crippen LogP contribution is -2.31. The summed E-state index contributed by atoms with van der Waals surface area (Å²) in [5.41, 5.74) is -1.08. The Morgan fingerprint density at radius 3 is 3.00 bits per heavy atom. The lowest BCUT2D eigenvalue weighted by molar-refractivity contribution is -0.0243. The van der Waals surface area contributed by atoms with E-state index >= 15 is 0 Å². The van der Waals surface area contributed by atoms with Gasteiger partial charge in [0.2, 0.25) is 0 Å². The zero-order valence-corrected chi connectivity index (χ0v) is 11.7. The molecule has 0 aliphatic carbocycles. The van der Waals surface area contributed by atoms with Gasteiger partial charge in [-0.2, -0.15) is 0 Å². The van der Waals surface area contributed by atoms with Crippen molar-refractivity contribution in [2.75, 3.05) is 6.61 Å². The summed E-state index contributed by atoms with van der Waals surface area (Å²) >= 11 is 0. The zero-order valence-electron chi connectivity index (χ0n) is 10.8. The second kappa shape index (κ2) is 6.28. The Morgan fingerprint density at radius 1 is 1.57 bits per heavy atom. The maximum absolute atomic E-state index is 11.6. The fraction of sp³-hybridized carbons (Fsp3) is 0.455. The van der Waals surface area contributed by atoms with Crippen LogP contribution in [0.5, 0.6) is 0 Å². The highest BCUT2D eigenvalue weighted by atomic mass is 31.2. The van der Waals surface area contributed by atoms with Crippen molar-refractivity contribution >= 4 is 7.82 Å². The Hall–Kier alpha value is -1.85. The molecule has 0 saturated carbocycles. The van der Waals surface area contributed by atoms with Crippen LogP contribution >= 0.6 is 7.82 Å². The molecule has 21 heavy (non-hydrogen) atoms. The van der Waals surface area contributed by atoms with Gasteiger partial charge in [0.05, 0.1) is 12.7 Å². The van der Waals surface area contributed by atoms with E-state index in [1.807, 2.05) is 0 Å². The summed E-state index contributed by atoms with van der Waals surface area (Å²) in [4.78, 5) is 33.9. The largest absolute Gasteiger partial charge is 0.535 e. The highest BCUT2D eigenvalue weighted by Crippen LogP contribution is 2.43. The Balaban J connectivity index is 1.95. The van der Waals surface area contributed by atoms with Crippen LogP contribution in [-0.2, 0) is 18.3 Å². The monoisotopic (exact) mass is 316 g/mol. The molecule has 0 bridgehead atoms. The summed E-state index contributed by atoms with van der Waals surface area (Å²) in [5, 5.41) is 0. The molecule has 1 saturated heterocycles. The van der Waals surface area contributed by atoms with Crippen LogP contribution in [0.1, 0.15) is 19.1 Å². The van der Waals surface area contributed by atoms with Crippen LogP contribution in [0.4, 0.5) is 0 Å². The van der Waals surface area contributed by atoms with E-state index in [1.54, 1.807) is 6.11 Å². The van der Waals surface area contributed by atoms with Gasteiger partial charge in [0.1, 0.15) is 12.3 Å². The number of phosphoric acid groups is 1. The number of hydrogen-bond acceptors (Lipinski definition) is 6. The number of ether oxygens (including phenoxy) is 1. The first-order valence-corrected chi connectivity index (χ1v) is 7.49. The average molecular weight is 316 g/mol. The van der Waals surface area contributed by atoms with E-state index in [-0.39, 0.29) is 6.61 Å². The minimum absolute atomic E-state index is 0.204. The van der Waals surface area contributed by atoms with Gasteiger partial charge in [0, 0.05) is 12.3 Å². The molecule has 1 aromatic rings. The third-order valence-electron chi connectivity index (χ3n) is 2.84. The average Bonchev–Trinajstić information content (AvgIpc) is 2.85.